The number of oxazole rings is 1. The van der Waals surface area contributed by atoms with Gasteiger partial charge in [-0.2, -0.15) is 0 Å². The standard InChI is InChI=1S/C15H16Cl2N2O2/c1-9-6-11(16)7-12(17)13(9)21-14(10-2-3-18-8-10)15-19-4-5-20-15/h4-7,10,14,18H,2-3,8H2,1H3/t10?,14-/m0/s1. The van der Waals surface area contributed by atoms with Crippen LogP contribution in [0.4, 0.5) is 0 Å². The van der Waals surface area contributed by atoms with E-state index in [1.165, 1.54) is 0 Å². The molecule has 1 fully saturated rings. The lowest BCUT2D eigenvalue weighted by atomic mass is 10.0. The molecule has 0 saturated carbocycles. The number of hydrogen-bond donors (Lipinski definition) is 1. The number of ether oxygens (including phenoxy) is 1. The first-order valence-corrected chi connectivity index (χ1v) is 7.63. The van der Waals surface area contributed by atoms with Crippen LogP contribution in [0.1, 0.15) is 24.0 Å². The van der Waals surface area contributed by atoms with Crippen LogP contribution in [0.2, 0.25) is 10.0 Å². The molecule has 0 bridgehead atoms. The van der Waals surface area contributed by atoms with Crippen molar-refractivity contribution in [1.29, 1.82) is 0 Å². The topological polar surface area (TPSA) is 47.3 Å². The molecule has 0 amide bonds. The van der Waals surface area contributed by atoms with Crippen LogP contribution in [0, 0.1) is 12.8 Å². The molecule has 1 aliphatic rings. The summed E-state index contributed by atoms with van der Waals surface area (Å²) < 4.78 is 11.6. The molecule has 0 radical (unpaired) electrons. The number of benzene rings is 1. The molecule has 21 heavy (non-hydrogen) atoms. The maximum absolute atomic E-state index is 6.27. The lowest BCUT2D eigenvalue weighted by molar-refractivity contribution is 0.113. The molecule has 0 spiro atoms. The third-order valence-electron chi connectivity index (χ3n) is 3.66. The predicted octanol–water partition coefficient (Wildman–Crippen LogP) is 4.02. The van der Waals surface area contributed by atoms with Gasteiger partial charge in [-0.1, -0.05) is 23.2 Å². The molecule has 1 aliphatic heterocycles. The van der Waals surface area contributed by atoms with Crippen LogP contribution in [0.3, 0.4) is 0 Å². The van der Waals surface area contributed by atoms with E-state index >= 15 is 0 Å². The fourth-order valence-corrected chi connectivity index (χ4v) is 3.26. The summed E-state index contributed by atoms with van der Waals surface area (Å²) in [6.45, 7) is 3.77. The second kappa shape index (κ2) is 6.26. The van der Waals surface area contributed by atoms with Crippen molar-refractivity contribution in [2.45, 2.75) is 19.4 Å². The van der Waals surface area contributed by atoms with Gasteiger partial charge in [0.2, 0.25) is 5.89 Å². The van der Waals surface area contributed by atoms with Crippen LogP contribution in [-0.2, 0) is 0 Å². The summed E-state index contributed by atoms with van der Waals surface area (Å²) in [4.78, 5) is 4.25. The smallest absolute Gasteiger partial charge is 0.235 e. The highest BCUT2D eigenvalue weighted by molar-refractivity contribution is 6.35. The number of hydrogen-bond acceptors (Lipinski definition) is 4. The van der Waals surface area contributed by atoms with Gasteiger partial charge in [-0.15, -0.1) is 0 Å². The molecule has 2 aromatic rings. The van der Waals surface area contributed by atoms with E-state index in [0.29, 0.717) is 27.6 Å². The van der Waals surface area contributed by atoms with E-state index in [0.717, 1.165) is 25.1 Å². The van der Waals surface area contributed by atoms with Crippen LogP contribution >= 0.6 is 23.2 Å². The summed E-state index contributed by atoms with van der Waals surface area (Å²) in [5, 5.41) is 4.43. The summed E-state index contributed by atoms with van der Waals surface area (Å²) in [7, 11) is 0. The van der Waals surface area contributed by atoms with Crippen LogP contribution in [0.5, 0.6) is 5.75 Å². The highest BCUT2D eigenvalue weighted by Crippen LogP contribution is 2.38. The quantitative estimate of drug-likeness (QED) is 0.921. The molecule has 3 rings (SSSR count). The largest absolute Gasteiger partial charge is 0.479 e. The van der Waals surface area contributed by atoms with Crippen molar-refractivity contribution < 1.29 is 9.15 Å². The van der Waals surface area contributed by atoms with Crippen LogP contribution in [0.15, 0.2) is 29.0 Å². The number of halogens is 2. The summed E-state index contributed by atoms with van der Waals surface area (Å²) in [5.41, 5.74) is 0.898. The fourth-order valence-electron chi connectivity index (χ4n) is 2.62. The summed E-state index contributed by atoms with van der Waals surface area (Å²) in [5.74, 6) is 1.51. The Kier molecular flexibility index (Phi) is 4.38. The van der Waals surface area contributed by atoms with Gasteiger partial charge in [0.1, 0.15) is 12.0 Å². The zero-order chi connectivity index (χ0) is 14.8. The Balaban J connectivity index is 1.91. The molecule has 4 nitrogen and oxygen atoms in total. The first kappa shape index (κ1) is 14.7. The van der Waals surface area contributed by atoms with Gasteiger partial charge in [0.05, 0.1) is 11.2 Å². The van der Waals surface area contributed by atoms with Crippen LogP contribution < -0.4 is 10.1 Å². The SMILES string of the molecule is Cc1cc(Cl)cc(Cl)c1O[C@H](c1ncco1)C1CCNC1. The first-order valence-electron chi connectivity index (χ1n) is 6.87. The Morgan fingerprint density at radius 2 is 2.29 bits per heavy atom. The Bertz CT molecular complexity index is 587. The van der Waals surface area contributed by atoms with Gasteiger partial charge < -0.3 is 14.5 Å². The Morgan fingerprint density at radius 1 is 1.43 bits per heavy atom. The van der Waals surface area contributed by atoms with Crippen molar-refractivity contribution >= 4 is 23.2 Å². The average Bonchev–Trinajstić information content (AvgIpc) is 3.11. The number of nitrogens with one attached hydrogen (secondary N) is 1. The lowest BCUT2D eigenvalue weighted by Gasteiger charge is -2.23. The minimum atomic E-state index is -0.257. The zero-order valence-electron chi connectivity index (χ0n) is 11.6. The normalized spacial score (nSPS) is 19.7. The number of aryl methyl sites for hydroxylation is 1. The van der Waals surface area contributed by atoms with Crippen molar-refractivity contribution in [1.82, 2.24) is 10.3 Å². The van der Waals surface area contributed by atoms with E-state index in [1.54, 1.807) is 18.5 Å². The van der Waals surface area contributed by atoms with Crippen molar-refractivity contribution in [3.8, 4) is 5.75 Å². The van der Waals surface area contributed by atoms with Crippen molar-refractivity contribution in [3.63, 3.8) is 0 Å². The second-order valence-electron chi connectivity index (χ2n) is 5.20. The van der Waals surface area contributed by atoms with Crippen molar-refractivity contribution in [2.75, 3.05) is 13.1 Å². The van der Waals surface area contributed by atoms with E-state index in [-0.39, 0.29) is 6.10 Å². The summed E-state index contributed by atoms with van der Waals surface area (Å²) in [6, 6.07) is 3.52. The van der Waals surface area contributed by atoms with Crippen molar-refractivity contribution in [3.05, 3.63) is 46.1 Å². The molecule has 1 N–H and O–H groups in total. The minimum absolute atomic E-state index is 0.257. The van der Waals surface area contributed by atoms with Gasteiger partial charge in [0, 0.05) is 17.5 Å². The second-order valence-corrected chi connectivity index (χ2v) is 6.04. The molecule has 6 heteroatoms. The van der Waals surface area contributed by atoms with Gasteiger partial charge in [-0.05, 0) is 37.6 Å². The van der Waals surface area contributed by atoms with E-state index in [1.807, 2.05) is 13.0 Å². The molecular formula is C15H16Cl2N2O2. The highest BCUT2D eigenvalue weighted by atomic mass is 35.5. The zero-order valence-corrected chi connectivity index (χ0v) is 13.1. The van der Waals surface area contributed by atoms with E-state index < -0.39 is 0 Å². The van der Waals surface area contributed by atoms with E-state index in [2.05, 4.69) is 10.3 Å². The molecule has 0 aliphatic carbocycles. The maximum atomic E-state index is 6.27. The van der Waals surface area contributed by atoms with Crippen molar-refractivity contribution in [2.24, 2.45) is 5.92 Å². The lowest BCUT2D eigenvalue weighted by Crippen LogP contribution is -2.22. The molecular weight excluding hydrogens is 311 g/mol. The molecule has 112 valence electrons. The molecule has 1 saturated heterocycles. The van der Waals surface area contributed by atoms with Gasteiger partial charge in [0.15, 0.2) is 6.10 Å². The minimum Gasteiger partial charge on any atom is -0.479 e. The molecule has 2 heterocycles. The number of nitrogens with zero attached hydrogens (tertiary/aromatic N) is 1. The molecule has 1 aromatic carbocycles. The van der Waals surface area contributed by atoms with E-state index in [4.69, 9.17) is 32.4 Å². The average molecular weight is 327 g/mol. The van der Waals surface area contributed by atoms with Gasteiger partial charge in [-0.3, -0.25) is 0 Å². The Morgan fingerprint density at radius 3 is 2.90 bits per heavy atom. The molecule has 2 atom stereocenters. The first-order chi connectivity index (χ1) is 10.1. The fraction of sp³-hybridized carbons (Fsp3) is 0.400. The highest BCUT2D eigenvalue weighted by Gasteiger charge is 2.32. The van der Waals surface area contributed by atoms with Crippen LogP contribution in [0.25, 0.3) is 0 Å². The Labute approximate surface area is 133 Å². The number of aromatic nitrogens is 1. The summed E-state index contributed by atoms with van der Waals surface area (Å²) >= 11 is 12.3. The van der Waals surface area contributed by atoms with Gasteiger partial charge in [0.25, 0.3) is 0 Å². The summed E-state index contributed by atoms with van der Waals surface area (Å²) in [6.07, 6.45) is 3.94. The van der Waals surface area contributed by atoms with Crippen LogP contribution in [-0.4, -0.2) is 18.1 Å². The Hall–Kier alpha value is -1.23. The number of rotatable bonds is 4. The third kappa shape index (κ3) is 3.18. The third-order valence-corrected chi connectivity index (χ3v) is 4.16. The molecule has 1 unspecified atom stereocenters. The monoisotopic (exact) mass is 326 g/mol. The van der Waals surface area contributed by atoms with E-state index in [9.17, 15) is 0 Å². The van der Waals surface area contributed by atoms with Gasteiger partial charge >= 0.3 is 0 Å². The molecule has 1 aromatic heterocycles. The predicted molar refractivity (Wildman–Crippen MR) is 82.0 cm³/mol. The van der Waals surface area contributed by atoms with Gasteiger partial charge in [-0.25, -0.2) is 4.98 Å². The maximum Gasteiger partial charge on any atom is 0.235 e.